The molecule has 0 aliphatic carbocycles. The van der Waals surface area contributed by atoms with Crippen LogP contribution in [0.2, 0.25) is 0 Å². The highest BCUT2D eigenvalue weighted by molar-refractivity contribution is 7.07. The summed E-state index contributed by atoms with van der Waals surface area (Å²) in [5.74, 6) is 1.22. The standard InChI is InChI=1S/C23H15N5O6S/c29-27(30)17-5-3-4-16(11-17)20-13-35-23(25-18-6-1-2-7-19(18)28(31)32)26(20)24-12-15-8-9-21-22(10-15)34-14-33-21/h1-13H,14H2. The van der Waals surface area contributed by atoms with Gasteiger partial charge in [0.2, 0.25) is 11.6 Å². The summed E-state index contributed by atoms with van der Waals surface area (Å²) in [6.45, 7) is 0.144. The lowest BCUT2D eigenvalue weighted by atomic mass is 10.1. The number of para-hydroxylation sites is 2. The van der Waals surface area contributed by atoms with Crippen molar-refractivity contribution in [3.8, 4) is 22.8 Å². The number of non-ortho nitro benzene ring substituents is 1. The molecule has 0 saturated heterocycles. The Morgan fingerprint density at radius 3 is 2.60 bits per heavy atom. The van der Waals surface area contributed by atoms with E-state index < -0.39 is 9.85 Å². The maximum atomic E-state index is 11.5. The van der Waals surface area contributed by atoms with E-state index in [1.54, 1.807) is 54.1 Å². The molecule has 1 aliphatic rings. The van der Waals surface area contributed by atoms with Crippen LogP contribution in [0.15, 0.2) is 82.2 Å². The van der Waals surface area contributed by atoms with Crippen LogP contribution >= 0.6 is 11.3 Å². The van der Waals surface area contributed by atoms with Gasteiger partial charge in [0.25, 0.3) is 11.4 Å². The van der Waals surface area contributed by atoms with Crippen molar-refractivity contribution >= 4 is 34.6 Å². The summed E-state index contributed by atoms with van der Waals surface area (Å²) in [6.07, 6.45) is 1.58. The molecule has 2 heterocycles. The lowest BCUT2D eigenvalue weighted by Gasteiger charge is -2.04. The van der Waals surface area contributed by atoms with Gasteiger partial charge in [-0.05, 0) is 29.8 Å². The van der Waals surface area contributed by atoms with Gasteiger partial charge in [-0.2, -0.15) is 5.10 Å². The molecule has 1 aliphatic heterocycles. The van der Waals surface area contributed by atoms with Crippen molar-refractivity contribution in [2.45, 2.75) is 0 Å². The molecular formula is C23H15N5O6S. The van der Waals surface area contributed by atoms with Crippen LogP contribution < -0.4 is 14.3 Å². The first-order valence-corrected chi connectivity index (χ1v) is 11.0. The zero-order valence-electron chi connectivity index (χ0n) is 17.8. The van der Waals surface area contributed by atoms with E-state index in [4.69, 9.17) is 9.47 Å². The van der Waals surface area contributed by atoms with Gasteiger partial charge in [-0.1, -0.05) is 24.3 Å². The Hall–Kier alpha value is -4.84. The second-order valence-electron chi connectivity index (χ2n) is 7.24. The Morgan fingerprint density at radius 2 is 1.77 bits per heavy atom. The maximum Gasteiger partial charge on any atom is 0.294 e. The van der Waals surface area contributed by atoms with Crippen molar-refractivity contribution in [3.63, 3.8) is 0 Å². The third-order valence-corrected chi connectivity index (χ3v) is 5.87. The first-order valence-electron chi connectivity index (χ1n) is 10.2. The predicted molar refractivity (Wildman–Crippen MR) is 128 cm³/mol. The van der Waals surface area contributed by atoms with Gasteiger partial charge in [-0.15, -0.1) is 11.3 Å². The highest BCUT2D eigenvalue weighted by Gasteiger charge is 2.16. The Morgan fingerprint density at radius 1 is 0.943 bits per heavy atom. The number of hydrogen-bond acceptors (Lipinski definition) is 9. The number of fused-ring (bicyclic) bond motifs is 1. The SMILES string of the molecule is O=[N+]([O-])c1cccc(-c2csc(=Nc3ccccc3[N+](=O)[O-])n2N=Cc2ccc3c(c2)OCO3)c1. The van der Waals surface area contributed by atoms with Crippen LogP contribution in [-0.4, -0.2) is 27.5 Å². The Kier molecular flexibility index (Phi) is 5.77. The Balaban J connectivity index is 1.65. The molecular weight excluding hydrogens is 474 g/mol. The van der Waals surface area contributed by atoms with Crippen LogP contribution in [0.3, 0.4) is 0 Å². The van der Waals surface area contributed by atoms with Gasteiger partial charge >= 0.3 is 0 Å². The summed E-state index contributed by atoms with van der Waals surface area (Å²) in [5, 5.41) is 29.0. The van der Waals surface area contributed by atoms with E-state index in [1.807, 2.05) is 0 Å². The lowest BCUT2D eigenvalue weighted by molar-refractivity contribution is -0.384. The summed E-state index contributed by atoms with van der Waals surface area (Å²) in [6, 6.07) is 17.6. The molecule has 0 spiro atoms. The second kappa shape index (κ2) is 9.19. The zero-order valence-corrected chi connectivity index (χ0v) is 18.6. The molecule has 0 N–H and O–H groups in total. The van der Waals surface area contributed by atoms with E-state index in [9.17, 15) is 20.2 Å². The first kappa shape index (κ1) is 22.0. The van der Waals surface area contributed by atoms with Gasteiger partial charge in [-0.3, -0.25) is 20.2 Å². The largest absolute Gasteiger partial charge is 0.454 e. The summed E-state index contributed by atoms with van der Waals surface area (Å²) in [4.78, 5) is 26.6. The highest BCUT2D eigenvalue weighted by Crippen LogP contribution is 2.32. The van der Waals surface area contributed by atoms with Gasteiger partial charge in [0.1, 0.15) is 5.69 Å². The number of thiazole rings is 1. The number of hydrogen-bond donors (Lipinski definition) is 0. The lowest BCUT2D eigenvalue weighted by Crippen LogP contribution is -2.11. The molecule has 0 fully saturated rings. The van der Waals surface area contributed by atoms with Gasteiger partial charge in [-0.25, -0.2) is 9.67 Å². The topological polar surface area (TPSA) is 134 Å². The summed E-state index contributed by atoms with van der Waals surface area (Å²) in [7, 11) is 0. The summed E-state index contributed by atoms with van der Waals surface area (Å²) < 4.78 is 12.2. The summed E-state index contributed by atoms with van der Waals surface area (Å²) >= 11 is 1.20. The smallest absolute Gasteiger partial charge is 0.294 e. The first-order chi connectivity index (χ1) is 17.0. The van der Waals surface area contributed by atoms with E-state index in [1.165, 1.54) is 40.3 Å². The number of nitro benzene ring substituents is 2. The predicted octanol–water partition coefficient (Wildman–Crippen LogP) is 4.88. The van der Waals surface area contributed by atoms with Crippen molar-refractivity contribution in [2.75, 3.05) is 6.79 Å². The fourth-order valence-electron chi connectivity index (χ4n) is 3.40. The van der Waals surface area contributed by atoms with Crippen LogP contribution in [-0.2, 0) is 0 Å². The monoisotopic (exact) mass is 489 g/mol. The van der Waals surface area contributed by atoms with Crippen LogP contribution in [0.25, 0.3) is 11.3 Å². The van der Waals surface area contributed by atoms with E-state index in [0.717, 1.165) is 5.56 Å². The van der Waals surface area contributed by atoms with E-state index in [-0.39, 0.29) is 23.9 Å². The zero-order chi connectivity index (χ0) is 24.4. The number of aromatic nitrogens is 1. The molecule has 4 aromatic rings. The van der Waals surface area contributed by atoms with Crippen LogP contribution in [0.1, 0.15) is 5.56 Å². The quantitative estimate of drug-likeness (QED) is 0.215. The fraction of sp³-hybridized carbons (Fsp3) is 0.0435. The Labute approximate surface area is 201 Å². The molecule has 35 heavy (non-hydrogen) atoms. The molecule has 11 nitrogen and oxygen atoms in total. The normalized spacial score (nSPS) is 12.9. The molecule has 1 aromatic heterocycles. The molecule has 0 radical (unpaired) electrons. The van der Waals surface area contributed by atoms with Crippen LogP contribution in [0.5, 0.6) is 11.5 Å². The van der Waals surface area contributed by atoms with Gasteiger partial charge < -0.3 is 9.47 Å². The fourth-order valence-corrected chi connectivity index (χ4v) is 4.25. The minimum absolute atomic E-state index is 0.0720. The maximum absolute atomic E-state index is 11.5. The molecule has 12 heteroatoms. The van der Waals surface area contributed by atoms with Crippen molar-refractivity contribution in [1.82, 2.24) is 4.68 Å². The van der Waals surface area contributed by atoms with Crippen molar-refractivity contribution in [2.24, 2.45) is 10.1 Å². The number of benzene rings is 3. The molecule has 0 unspecified atom stereocenters. The molecule has 0 saturated carbocycles. The van der Waals surface area contributed by atoms with E-state index >= 15 is 0 Å². The highest BCUT2D eigenvalue weighted by atomic mass is 32.1. The number of rotatable bonds is 6. The van der Waals surface area contributed by atoms with Crippen molar-refractivity contribution in [1.29, 1.82) is 0 Å². The third kappa shape index (κ3) is 4.50. The number of ether oxygens (including phenoxy) is 2. The number of nitrogens with zero attached hydrogens (tertiary/aromatic N) is 5. The summed E-state index contributed by atoms with van der Waals surface area (Å²) in [5.41, 5.74) is 1.74. The van der Waals surface area contributed by atoms with Crippen LogP contribution in [0, 0.1) is 20.2 Å². The average molecular weight is 489 g/mol. The van der Waals surface area contributed by atoms with E-state index in [0.29, 0.717) is 27.6 Å². The van der Waals surface area contributed by atoms with Gasteiger partial charge in [0.05, 0.1) is 21.8 Å². The van der Waals surface area contributed by atoms with E-state index in [2.05, 4.69) is 10.1 Å². The average Bonchev–Trinajstić information content (AvgIpc) is 3.49. The number of nitro groups is 2. The second-order valence-corrected chi connectivity index (χ2v) is 8.07. The molecule has 174 valence electrons. The molecule has 0 bridgehead atoms. The molecule has 5 rings (SSSR count). The van der Waals surface area contributed by atoms with Gasteiger partial charge in [0, 0.05) is 29.1 Å². The molecule has 0 atom stereocenters. The van der Waals surface area contributed by atoms with Crippen molar-refractivity contribution in [3.05, 3.63) is 103 Å². The minimum Gasteiger partial charge on any atom is -0.454 e. The molecule has 3 aromatic carbocycles. The Bertz CT molecular complexity index is 1560. The molecule has 0 amide bonds. The minimum atomic E-state index is -0.506. The van der Waals surface area contributed by atoms with Gasteiger partial charge in [0.15, 0.2) is 11.5 Å². The van der Waals surface area contributed by atoms with Crippen LogP contribution in [0.4, 0.5) is 17.1 Å². The third-order valence-electron chi connectivity index (χ3n) is 5.05. The van der Waals surface area contributed by atoms with Crippen molar-refractivity contribution < 1.29 is 19.3 Å².